The zero-order chi connectivity index (χ0) is 17.6. The Labute approximate surface area is 160 Å². The largest absolute Gasteiger partial charge is 0.338 e. The summed E-state index contributed by atoms with van der Waals surface area (Å²) in [5.74, 6) is -0.0517. The van der Waals surface area contributed by atoms with Gasteiger partial charge in [0.25, 0.3) is 0 Å². The molecule has 26 heavy (non-hydrogen) atoms. The van der Waals surface area contributed by atoms with Crippen LogP contribution in [0.15, 0.2) is 54.6 Å². The molecule has 0 saturated carbocycles. The molecule has 0 aromatic heterocycles. The highest BCUT2D eigenvalue weighted by molar-refractivity contribution is 5.95. The number of carbonyl (C=O) groups excluding carboxylic acids is 2. The Kier molecular flexibility index (Phi) is 7.18. The van der Waals surface area contributed by atoms with Crippen LogP contribution in [0.25, 0.3) is 0 Å². The number of carbonyl (C=O) groups is 2. The van der Waals surface area contributed by atoms with E-state index in [1.165, 1.54) is 0 Å². The summed E-state index contributed by atoms with van der Waals surface area (Å²) in [5, 5.41) is 2.86. The van der Waals surface area contributed by atoms with Gasteiger partial charge in [0.15, 0.2) is 0 Å². The van der Waals surface area contributed by atoms with Crippen LogP contribution in [0.5, 0.6) is 0 Å². The third-order valence-corrected chi connectivity index (χ3v) is 4.43. The first kappa shape index (κ1) is 19.9. The van der Waals surface area contributed by atoms with Crippen molar-refractivity contribution < 1.29 is 9.59 Å². The lowest BCUT2D eigenvalue weighted by molar-refractivity contribution is -0.133. The Morgan fingerprint density at radius 3 is 2.62 bits per heavy atom. The lowest BCUT2D eigenvalue weighted by atomic mass is 10.1. The number of likely N-dealkylation sites (tertiary alicyclic amines) is 1. The van der Waals surface area contributed by atoms with E-state index < -0.39 is 6.04 Å². The Hall–Kier alpha value is -2.37. The molecule has 0 radical (unpaired) electrons. The molecule has 5 nitrogen and oxygen atoms in total. The number of benzene rings is 2. The van der Waals surface area contributed by atoms with Gasteiger partial charge < -0.3 is 16.0 Å². The molecular formula is C20H24ClN3O2. The zero-order valence-corrected chi connectivity index (χ0v) is 15.4. The summed E-state index contributed by atoms with van der Waals surface area (Å²) in [4.78, 5) is 26.2. The molecule has 1 aliphatic heterocycles. The van der Waals surface area contributed by atoms with Crippen LogP contribution in [-0.2, 0) is 16.1 Å². The maximum atomic E-state index is 12.4. The number of amides is 2. The summed E-state index contributed by atoms with van der Waals surface area (Å²) in [7, 11) is 0. The third kappa shape index (κ3) is 5.07. The number of hydrogen-bond donors (Lipinski definition) is 2. The Bertz CT molecular complexity index is 752. The maximum absolute atomic E-state index is 12.4. The molecule has 2 amide bonds. The Balaban J connectivity index is 0.00000243. The minimum Gasteiger partial charge on any atom is -0.338 e. The fraction of sp³-hybridized carbons (Fsp3) is 0.300. The molecule has 1 saturated heterocycles. The average Bonchev–Trinajstić information content (AvgIpc) is 2.64. The first-order valence-corrected chi connectivity index (χ1v) is 8.61. The molecule has 0 spiro atoms. The van der Waals surface area contributed by atoms with E-state index in [0.29, 0.717) is 18.7 Å². The molecular weight excluding hydrogens is 350 g/mol. The second-order valence-electron chi connectivity index (χ2n) is 6.35. The molecule has 1 atom stereocenters. The summed E-state index contributed by atoms with van der Waals surface area (Å²) >= 11 is 0. The molecule has 6 heteroatoms. The van der Waals surface area contributed by atoms with Crippen molar-refractivity contribution in [2.75, 3.05) is 11.9 Å². The van der Waals surface area contributed by atoms with Crippen molar-refractivity contribution in [3.63, 3.8) is 0 Å². The number of nitrogens with zero attached hydrogens (tertiary/aromatic N) is 1. The summed E-state index contributed by atoms with van der Waals surface area (Å²) < 4.78 is 0. The van der Waals surface area contributed by atoms with Gasteiger partial charge in [0.1, 0.15) is 6.04 Å². The summed E-state index contributed by atoms with van der Waals surface area (Å²) in [6, 6.07) is 16.1. The molecule has 138 valence electrons. The third-order valence-electron chi connectivity index (χ3n) is 4.43. The predicted octanol–water partition coefficient (Wildman–Crippen LogP) is 3.26. The number of halogens is 1. The van der Waals surface area contributed by atoms with Gasteiger partial charge in [-0.2, -0.15) is 0 Å². The van der Waals surface area contributed by atoms with Crippen molar-refractivity contribution in [1.29, 1.82) is 0 Å². The predicted molar refractivity (Wildman–Crippen MR) is 105 cm³/mol. The van der Waals surface area contributed by atoms with E-state index in [-0.39, 0.29) is 24.2 Å². The number of hydrogen-bond acceptors (Lipinski definition) is 3. The van der Waals surface area contributed by atoms with Crippen molar-refractivity contribution >= 4 is 29.9 Å². The van der Waals surface area contributed by atoms with Gasteiger partial charge in [-0.05, 0) is 36.1 Å². The van der Waals surface area contributed by atoms with E-state index in [0.717, 1.165) is 30.5 Å². The summed E-state index contributed by atoms with van der Waals surface area (Å²) in [6.45, 7) is 1.38. The number of rotatable bonds is 5. The number of anilines is 1. The van der Waals surface area contributed by atoms with Crippen molar-refractivity contribution in [3.8, 4) is 0 Å². The van der Waals surface area contributed by atoms with Gasteiger partial charge in [0, 0.05) is 25.2 Å². The minimum absolute atomic E-state index is 0. The Morgan fingerprint density at radius 1 is 1.12 bits per heavy atom. The molecule has 1 heterocycles. The van der Waals surface area contributed by atoms with Crippen molar-refractivity contribution in [1.82, 2.24) is 4.90 Å². The van der Waals surface area contributed by atoms with Gasteiger partial charge in [-0.15, -0.1) is 12.4 Å². The molecule has 2 aromatic rings. The van der Waals surface area contributed by atoms with Gasteiger partial charge in [0.2, 0.25) is 11.8 Å². The molecule has 3 N–H and O–H groups in total. The van der Waals surface area contributed by atoms with Crippen molar-refractivity contribution in [3.05, 3.63) is 65.7 Å². The van der Waals surface area contributed by atoms with Gasteiger partial charge in [0.05, 0.1) is 0 Å². The van der Waals surface area contributed by atoms with Crippen LogP contribution in [0, 0.1) is 0 Å². The smallest absolute Gasteiger partial charge is 0.245 e. The molecule has 1 aliphatic rings. The van der Waals surface area contributed by atoms with Crippen LogP contribution < -0.4 is 11.1 Å². The first-order chi connectivity index (χ1) is 12.1. The molecule has 0 aliphatic carbocycles. The Morgan fingerprint density at radius 2 is 1.88 bits per heavy atom. The van der Waals surface area contributed by atoms with E-state index in [1.807, 2.05) is 59.5 Å². The highest BCUT2D eigenvalue weighted by atomic mass is 35.5. The van der Waals surface area contributed by atoms with Crippen LogP contribution >= 0.6 is 12.4 Å². The van der Waals surface area contributed by atoms with Gasteiger partial charge in [-0.1, -0.05) is 42.5 Å². The van der Waals surface area contributed by atoms with Crippen LogP contribution in [-0.4, -0.2) is 23.3 Å². The van der Waals surface area contributed by atoms with Crippen LogP contribution in [0.4, 0.5) is 5.69 Å². The second-order valence-corrected chi connectivity index (χ2v) is 6.35. The fourth-order valence-corrected chi connectivity index (χ4v) is 3.03. The number of piperidine rings is 1. The SMILES string of the molecule is Cl.NC(C(=O)Nc1cccc(CN2CCCCC2=O)c1)c1ccccc1. The summed E-state index contributed by atoms with van der Waals surface area (Å²) in [6.07, 6.45) is 2.65. The fourth-order valence-electron chi connectivity index (χ4n) is 3.03. The van der Waals surface area contributed by atoms with E-state index in [9.17, 15) is 9.59 Å². The summed E-state index contributed by atoms with van der Waals surface area (Å²) in [5.41, 5.74) is 8.49. The van der Waals surface area contributed by atoms with Crippen LogP contribution in [0.1, 0.15) is 36.4 Å². The van der Waals surface area contributed by atoms with Crippen LogP contribution in [0.2, 0.25) is 0 Å². The van der Waals surface area contributed by atoms with E-state index in [1.54, 1.807) is 0 Å². The highest BCUT2D eigenvalue weighted by Crippen LogP contribution is 2.18. The van der Waals surface area contributed by atoms with Crippen molar-refractivity contribution in [2.24, 2.45) is 5.73 Å². The molecule has 2 aromatic carbocycles. The normalized spacial score (nSPS) is 15.1. The monoisotopic (exact) mass is 373 g/mol. The standard InChI is InChI=1S/C20H23N3O2.ClH/c21-19(16-8-2-1-3-9-16)20(25)22-17-10-6-7-15(13-17)14-23-12-5-4-11-18(23)24;/h1-3,6-10,13,19H,4-5,11-12,14,21H2,(H,22,25);1H. The minimum atomic E-state index is -0.714. The highest BCUT2D eigenvalue weighted by Gasteiger charge is 2.19. The number of nitrogens with one attached hydrogen (secondary N) is 1. The first-order valence-electron chi connectivity index (χ1n) is 8.61. The number of nitrogens with two attached hydrogens (primary N) is 1. The molecule has 0 bridgehead atoms. The molecule has 1 fully saturated rings. The average molecular weight is 374 g/mol. The van der Waals surface area contributed by atoms with E-state index >= 15 is 0 Å². The van der Waals surface area contributed by atoms with Crippen molar-refractivity contribution in [2.45, 2.75) is 31.8 Å². The van der Waals surface area contributed by atoms with E-state index in [2.05, 4.69) is 5.32 Å². The van der Waals surface area contributed by atoms with Crippen LogP contribution in [0.3, 0.4) is 0 Å². The quantitative estimate of drug-likeness (QED) is 0.844. The molecule has 3 rings (SSSR count). The topological polar surface area (TPSA) is 75.4 Å². The lowest BCUT2D eigenvalue weighted by Gasteiger charge is -2.27. The van der Waals surface area contributed by atoms with Gasteiger partial charge in [-0.3, -0.25) is 9.59 Å². The maximum Gasteiger partial charge on any atom is 0.245 e. The zero-order valence-electron chi connectivity index (χ0n) is 14.6. The second kappa shape index (κ2) is 9.36. The molecule has 1 unspecified atom stereocenters. The van der Waals surface area contributed by atoms with E-state index in [4.69, 9.17) is 5.73 Å². The van der Waals surface area contributed by atoms with Gasteiger partial charge in [-0.25, -0.2) is 0 Å². The lowest BCUT2D eigenvalue weighted by Crippen LogP contribution is -2.34. The van der Waals surface area contributed by atoms with Gasteiger partial charge >= 0.3 is 0 Å².